The molecule has 7 heteroatoms. The summed E-state index contributed by atoms with van der Waals surface area (Å²) in [6.45, 7) is 4.05. The van der Waals surface area contributed by atoms with Gasteiger partial charge in [0.2, 0.25) is 5.82 Å². The summed E-state index contributed by atoms with van der Waals surface area (Å²) in [5, 5.41) is 13.6. The van der Waals surface area contributed by atoms with Gasteiger partial charge in [-0.2, -0.15) is 4.98 Å². The highest BCUT2D eigenvalue weighted by atomic mass is 16.6. The highest BCUT2D eigenvalue weighted by molar-refractivity contribution is 5.61. The fourth-order valence-electron chi connectivity index (χ4n) is 1.42. The Balaban J connectivity index is 3.28. The number of aromatic nitrogens is 2. The van der Waals surface area contributed by atoms with Crippen LogP contribution in [0.1, 0.15) is 19.7 Å². The van der Waals surface area contributed by atoms with Crippen LogP contribution in [-0.2, 0) is 6.42 Å². The van der Waals surface area contributed by atoms with E-state index in [9.17, 15) is 10.1 Å². The fraction of sp³-hybridized carbons (Fsp3) is 0.600. The molecule has 0 amide bonds. The second kappa shape index (κ2) is 5.42. The van der Waals surface area contributed by atoms with Crippen LogP contribution in [0.2, 0.25) is 0 Å². The molecule has 0 saturated heterocycles. The van der Waals surface area contributed by atoms with E-state index in [1.807, 2.05) is 13.8 Å². The first-order valence-corrected chi connectivity index (χ1v) is 5.26. The van der Waals surface area contributed by atoms with Crippen LogP contribution in [0.25, 0.3) is 0 Å². The van der Waals surface area contributed by atoms with E-state index in [1.54, 1.807) is 7.05 Å². The van der Waals surface area contributed by atoms with Crippen LogP contribution >= 0.6 is 0 Å². The zero-order chi connectivity index (χ0) is 13.0. The lowest BCUT2D eigenvalue weighted by Gasteiger charge is -2.09. The molecule has 1 heterocycles. The van der Waals surface area contributed by atoms with Crippen LogP contribution < -0.4 is 10.1 Å². The van der Waals surface area contributed by atoms with E-state index in [4.69, 9.17) is 4.74 Å². The zero-order valence-corrected chi connectivity index (χ0v) is 10.4. The lowest BCUT2D eigenvalue weighted by atomic mass is 10.1. The minimum Gasteiger partial charge on any atom is -0.476 e. The quantitative estimate of drug-likeness (QED) is 0.621. The molecule has 94 valence electrons. The Hall–Kier alpha value is -1.92. The summed E-state index contributed by atoms with van der Waals surface area (Å²) in [5.74, 6) is 1.07. The van der Waals surface area contributed by atoms with E-state index in [2.05, 4.69) is 15.3 Å². The normalized spacial score (nSPS) is 10.4. The Morgan fingerprint density at radius 3 is 2.53 bits per heavy atom. The van der Waals surface area contributed by atoms with Gasteiger partial charge in [0.1, 0.15) is 5.82 Å². The van der Waals surface area contributed by atoms with Crippen LogP contribution in [-0.4, -0.2) is 29.0 Å². The largest absolute Gasteiger partial charge is 0.476 e. The molecule has 1 aromatic heterocycles. The Morgan fingerprint density at radius 2 is 2.12 bits per heavy atom. The van der Waals surface area contributed by atoms with Crippen LogP contribution in [0, 0.1) is 16.0 Å². The molecule has 0 bridgehead atoms. The Morgan fingerprint density at radius 1 is 1.47 bits per heavy atom. The predicted octanol–water partition coefficient (Wildman–Crippen LogP) is 1.63. The standard InChI is InChI=1S/C10H16N4O3/c1-6(2)5-7-12-9(11-3)8(14(15)16)10(13-7)17-4/h6H,5H2,1-4H3,(H,11,12,13). The number of ether oxygens (including phenoxy) is 1. The predicted molar refractivity (Wildman–Crippen MR) is 63.3 cm³/mol. The number of nitrogens with one attached hydrogen (secondary N) is 1. The van der Waals surface area contributed by atoms with Crippen molar-refractivity contribution in [3.05, 3.63) is 15.9 Å². The molecule has 0 radical (unpaired) electrons. The minimum atomic E-state index is -0.552. The third-order valence-electron chi connectivity index (χ3n) is 2.10. The highest BCUT2D eigenvalue weighted by Crippen LogP contribution is 2.31. The summed E-state index contributed by atoms with van der Waals surface area (Å²) in [5.41, 5.74) is -0.234. The molecule has 1 aromatic rings. The molecule has 7 nitrogen and oxygen atoms in total. The van der Waals surface area contributed by atoms with Crippen LogP contribution in [0.5, 0.6) is 5.88 Å². The van der Waals surface area contributed by atoms with Crippen LogP contribution in [0.15, 0.2) is 0 Å². The lowest BCUT2D eigenvalue weighted by molar-refractivity contribution is -0.385. The van der Waals surface area contributed by atoms with Crippen molar-refractivity contribution in [2.45, 2.75) is 20.3 Å². The van der Waals surface area contributed by atoms with E-state index < -0.39 is 4.92 Å². The molecule has 0 atom stereocenters. The number of hydrogen-bond donors (Lipinski definition) is 1. The van der Waals surface area contributed by atoms with Gasteiger partial charge in [-0.05, 0) is 5.92 Å². The Labute approximate surface area is 99.4 Å². The number of nitrogens with zero attached hydrogens (tertiary/aromatic N) is 3. The van der Waals surface area contributed by atoms with Gasteiger partial charge in [0.25, 0.3) is 5.88 Å². The van der Waals surface area contributed by atoms with Crippen molar-refractivity contribution in [1.29, 1.82) is 0 Å². The highest BCUT2D eigenvalue weighted by Gasteiger charge is 2.25. The van der Waals surface area contributed by atoms with Crippen molar-refractivity contribution in [2.24, 2.45) is 5.92 Å². The van der Waals surface area contributed by atoms with Crippen molar-refractivity contribution in [2.75, 3.05) is 19.5 Å². The number of rotatable bonds is 5. The fourth-order valence-corrected chi connectivity index (χ4v) is 1.42. The van der Waals surface area contributed by atoms with E-state index in [0.717, 1.165) is 0 Å². The summed E-state index contributed by atoms with van der Waals surface area (Å²) in [4.78, 5) is 18.5. The van der Waals surface area contributed by atoms with Gasteiger partial charge in [-0.25, -0.2) is 4.98 Å². The summed E-state index contributed by atoms with van der Waals surface area (Å²) >= 11 is 0. The number of nitro groups is 1. The maximum absolute atomic E-state index is 10.9. The van der Waals surface area contributed by atoms with Crippen molar-refractivity contribution >= 4 is 11.5 Å². The maximum Gasteiger partial charge on any atom is 0.372 e. The summed E-state index contributed by atoms with van der Waals surface area (Å²) in [6, 6.07) is 0. The number of methoxy groups -OCH3 is 1. The van der Waals surface area contributed by atoms with Crippen molar-refractivity contribution < 1.29 is 9.66 Å². The molecule has 0 spiro atoms. The smallest absolute Gasteiger partial charge is 0.372 e. The van der Waals surface area contributed by atoms with Crippen LogP contribution in [0.3, 0.4) is 0 Å². The maximum atomic E-state index is 10.9. The van der Waals surface area contributed by atoms with Gasteiger partial charge < -0.3 is 10.1 Å². The van der Waals surface area contributed by atoms with E-state index >= 15 is 0 Å². The molecule has 0 unspecified atom stereocenters. The molecule has 0 aromatic carbocycles. The van der Waals surface area contributed by atoms with Gasteiger partial charge in [-0.1, -0.05) is 13.8 Å². The van der Waals surface area contributed by atoms with Gasteiger partial charge in [-0.15, -0.1) is 0 Å². The number of anilines is 1. The third kappa shape index (κ3) is 3.02. The average Bonchev–Trinajstić information content (AvgIpc) is 2.26. The monoisotopic (exact) mass is 240 g/mol. The molecular formula is C10H16N4O3. The van der Waals surface area contributed by atoms with Gasteiger partial charge in [0.05, 0.1) is 12.0 Å². The summed E-state index contributed by atoms with van der Waals surface area (Å²) < 4.78 is 4.94. The van der Waals surface area contributed by atoms with Gasteiger partial charge in [-0.3, -0.25) is 10.1 Å². The molecule has 1 N–H and O–H groups in total. The molecular weight excluding hydrogens is 224 g/mol. The molecule has 1 rings (SSSR count). The average molecular weight is 240 g/mol. The Bertz CT molecular complexity index is 395. The molecule has 0 aliphatic carbocycles. The SMILES string of the molecule is CNc1nc(CC(C)C)nc(OC)c1[N+](=O)[O-]. The third-order valence-corrected chi connectivity index (χ3v) is 2.10. The second-order valence-corrected chi connectivity index (χ2v) is 3.95. The molecule has 17 heavy (non-hydrogen) atoms. The minimum absolute atomic E-state index is 0.00926. The Kier molecular flexibility index (Phi) is 4.19. The molecule has 0 aliphatic rings. The van der Waals surface area contributed by atoms with Crippen molar-refractivity contribution in [1.82, 2.24) is 9.97 Å². The molecule has 0 saturated carbocycles. The van der Waals surface area contributed by atoms with Gasteiger partial charge in [0, 0.05) is 13.5 Å². The van der Waals surface area contributed by atoms with E-state index in [-0.39, 0.29) is 17.4 Å². The van der Waals surface area contributed by atoms with Crippen molar-refractivity contribution in [3.8, 4) is 5.88 Å². The van der Waals surface area contributed by atoms with E-state index in [1.165, 1.54) is 7.11 Å². The van der Waals surface area contributed by atoms with E-state index in [0.29, 0.717) is 18.2 Å². The first kappa shape index (κ1) is 13.1. The van der Waals surface area contributed by atoms with Crippen molar-refractivity contribution in [3.63, 3.8) is 0 Å². The lowest BCUT2D eigenvalue weighted by Crippen LogP contribution is -2.09. The zero-order valence-electron chi connectivity index (χ0n) is 10.4. The topological polar surface area (TPSA) is 90.2 Å². The summed E-state index contributed by atoms with van der Waals surface area (Å²) in [6.07, 6.45) is 0.642. The molecule has 0 fully saturated rings. The first-order valence-electron chi connectivity index (χ1n) is 5.26. The first-order chi connectivity index (χ1) is 7.99. The summed E-state index contributed by atoms with van der Waals surface area (Å²) in [7, 11) is 2.93. The van der Waals surface area contributed by atoms with Gasteiger partial charge in [0.15, 0.2) is 0 Å². The second-order valence-electron chi connectivity index (χ2n) is 3.95. The number of hydrogen-bond acceptors (Lipinski definition) is 6. The molecule has 0 aliphatic heterocycles. The van der Waals surface area contributed by atoms with Gasteiger partial charge >= 0.3 is 5.69 Å². The van der Waals surface area contributed by atoms with Crippen LogP contribution in [0.4, 0.5) is 11.5 Å².